The van der Waals surface area contributed by atoms with Crippen LogP contribution in [0.4, 0.5) is 45.2 Å². The molecule has 0 saturated carbocycles. The first kappa shape index (κ1) is 23.9. The first-order valence-electron chi connectivity index (χ1n) is 8.64. The Kier molecular flexibility index (Phi) is 6.43. The van der Waals surface area contributed by atoms with Gasteiger partial charge in [0.15, 0.2) is 0 Å². The van der Waals surface area contributed by atoms with Crippen molar-refractivity contribution < 1.29 is 49.0 Å². The fraction of sp³-hybridized carbons (Fsp3) is 0.588. The second-order valence-corrected chi connectivity index (χ2v) is 6.40. The zero-order valence-electron chi connectivity index (χ0n) is 15.5. The molecule has 0 aromatic heterocycles. The first-order valence-corrected chi connectivity index (χ1v) is 8.64. The van der Waals surface area contributed by atoms with Crippen molar-refractivity contribution in [3.05, 3.63) is 24.3 Å². The number of hydrogen-bond donors (Lipinski definition) is 0. The summed E-state index contributed by atoms with van der Waals surface area (Å²) in [4.78, 5) is 13.5. The number of rotatable bonds is 6. The van der Waals surface area contributed by atoms with E-state index in [9.17, 15) is 44.3 Å². The number of carbonyl (C=O) groups is 1. The fourth-order valence-corrected chi connectivity index (χ4v) is 2.85. The minimum Gasteiger partial charge on any atom is -0.492 e. The third-order valence-electron chi connectivity index (χ3n) is 4.49. The smallest absolute Gasteiger partial charge is 0.460 e. The van der Waals surface area contributed by atoms with Crippen molar-refractivity contribution in [3.8, 4) is 5.75 Å². The zero-order chi connectivity index (χ0) is 23.0. The summed E-state index contributed by atoms with van der Waals surface area (Å²) in [6.07, 6.45) is -6.97. The second kappa shape index (κ2) is 8.06. The minimum absolute atomic E-state index is 0.139. The molecule has 1 aliphatic rings. The number of alkyl halides is 9. The number of nitrogens with zero attached hydrogens (tertiary/aromatic N) is 2. The van der Waals surface area contributed by atoms with E-state index in [-0.39, 0.29) is 18.0 Å². The van der Waals surface area contributed by atoms with Crippen LogP contribution < -0.4 is 9.64 Å². The van der Waals surface area contributed by atoms with Gasteiger partial charge in [-0.3, -0.25) is 4.79 Å². The Bertz CT molecular complexity index is 760. The van der Waals surface area contributed by atoms with Gasteiger partial charge in [0, 0.05) is 26.2 Å². The van der Waals surface area contributed by atoms with Gasteiger partial charge in [-0.1, -0.05) is 12.1 Å². The second-order valence-electron chi connectivity index (χ2n) is 6.40. The summed E-state index contributed by atoms with van der Waals surface area (Å²) >= 11 is 0. The van der Waals surface area contributed by atoms with Gasteiger partial charge in [0.25, 0.3) is 5.91 Å². The summed E-state index contributed by atoms with van der Waals surface area (Å²) in [6.45, 7) is 0.516. The van der Waals surface area contributed by atoms with Gasteiger partial charge >= 0.3 is 23.9 Å². The van der Waals surface area contributed by atoms with Gasteiger partial charge in [-0.05, 0) is 19.1 Å². The van der Waals surface area contributed by atoms with E-state index in [0.29, 0.717) is 18.0 Å². The van der Waals surface area contributed by atoms with Crippen LogP contribution in [-0.4, -0.2) is 67.5 Å². The Labute approximate surface area is 165 Å². The lowest BCUT2D eigenvalue weighted by Gasteiger charge is -2.40. The number of carbonyl (C=O) groups excluding carboxylic acids is 1. The Morgan fingerprint density at radius 3 is 1.93 bits per heavy atom. The van der Waals surface area contributed by atoms with E-state index in [1.54, 1.807) is 36.1 Å². The summed E-state index contributed by atoms with van der Waals surface area (Å²) in [5.74, 6) is -22.7. The maximum Gasteiger partial charge on any atom is 0.460 e. The largest absolute Gasteiger partial charge is 0.492 e. The fourth-order valence-electron chi connectivity index (χ4n) is 2.85. The molecule has 1 heterocycles. The lowest BCUT2D eigenvalue weighted by atomic mass is 10.0. The number of piperazine rings is 1. The Morgan fingerprint density at radius 2 is 1.43 bits per heavy atom. The molecule has 4 nitrogen and oxygen atoms in total. The van der Waals surface area contributed by atoms with Crippen molar-refractivity contribution in [2.24, 2.45) is 0 Å². The average molecular weight is 452 g/mol. The van der Waals surface area contributed by atoms with Gasteiger partial charge in [-0.2, -0.15) is 39.5 Å². The zero-order valence-corrected chi connectivity index (χ0v) is 15.5. The molecular formula is C17H17F9N2O2. The molecule has 2 rings (SSSR count). The molecule has 1 aromatic carbocycles. The molecule has 1 aliphatic heterocycles. The molecule has 0 N–H and O–H groups in total. The van der Waals surface area contributed by atoms with Crippen molar-refractivity contribution in [2.75, 3.05) is 37.7 Å². The van der Waals surface area contributed by atoms with Crippen LogP contribution in [0.25, 0.3) is 0 Å². The molecule has 0 unspecified atom stereocenters. The average Bonchev–Trinajstić information content (AvgIpc) is 2.67. The van der Waals surface area contributed by atoms with E-state index < -0.39 is 42.9 Å². The molecule has 13 heteroatoms. The number of benzene rings is 1. The van der Waals surface area contributed by atoms with Crippen molar-refractivity contribution in [1.82, 2.24) is 4.90 Å². The molecule has 0 bridgehead atoms. The highest BCUT2D eigenvalue weighted by Gasteiger charge is 2.84. The summed E-state index contributed by atoms with van der Waals surface area (Å²) < 4.78 is 123. The standard InChI is InChI=1S/C17H17F9N2O2/c1-2-30-12-6-4-3-5-11(12)27-7-9-28(10-8-27)13(29)14(18,19)15(20,21)16(22,23)17(24,25)26/h3-6H,2,7-10H2,1H3. The van der Waals surface area contributed by atoms with E-state index in [0.717, 1.165) is 0 Å². The molecule has 1 fully saturated rings. The molecule has 30 heavy (non-hydrogen) atoms. The molecule has 170 valence electrons. The third kappa shape index (κ3) is 3.97. The molecule has 1 saturated heterocycles. The normalized spacial score (nSPS) is 16.6. The maximum absolute atomic E-state index is 13.8. The van der Waals surface area contributed by atoms with Crippen molar-refractivity contribution in [2.45, 2.75) is 30.9 Å². The van der Waals surface area contributed by atoms with E-state index in [4.69, 9.17) is 4.74 Å². The Hall–Kier alpha value is -2.34. The van der Waals surface area contributed by atoms with Gasteiger partial charge in [-0.15, -0.1) is 0 Å². The predicted octanol–water partition coefficient (Wildman–Crippen LogP) is 4.20. The van der Waals surface area contributed by atoms with Crippen molar-refractivity contribution in [3.63, 3.8) is 0 Å². The number of halogens is 9. The quantitative estimate of drug-likeness (QED) is 0.607. The maximum atomic E-state index is 13.8. The predicted molar refractivity (Wildman–Crippen MR) is 87.3 cm³/mol. The van der Waals surface area contributed by atoms with E-state index in [1.165, 1.54) is 0 Å². The lowest BCUT2D eigenvalue weighted by molar-refractivity contribution is -0.389. The van der Waals surface area contributed by atoms with Crippen LogP contribution in [0.1, 0.15) is 6.92 Å². The molecule has 0 spiro atoms. The summed E-state index contributed by atoms with van der Waals surface area (Å²) in [5, 5.41) is 0. The van der Waals surface area contributed by atoms with Crippen molar-refractivity contribution >= 4 is 11.6 Å². The van der Waals surface area contributed by atoms with Gasteiger partial charge in [0.05, 0.1) is 12.3 Å². The van der Waals surface area contributed by atoms with Crippen LogP contribution in [0, 0.1) is 0 Å². The van der Waals surface area contributed by atoms with Gasteiger partial charge in [-0.25, -0.2) is 0 Å². The molecular weight excluding hydrogens is 435 g/mol. The molecule has 0 atom stereocenters. The van der Waals surface area contributed by atoms with Crippen LogP contribution in [-0.2, 0) is 4.79 Å². The highest BCUT2D eigenvalue weighted by Crippen LogP contribution is 2.53. The highest BCUT2D eigenvalue weighted by atomic mass is 19.4. The van der Waals surface area contributed by atoms with Crippen LogP contribution in [0.2, 0.25) is 0 Å². The summed E-state index contributed by atoms with van der Waals surface area (Å²) in [5.41, 5.74) is 0.521. The highest BCUT2D eigenvalue weighted by molar-refractivity contribution is 5.85. The number of hydrogen-bond acceptors (Lipinski definition) is 3. The summed E-state index contributed by atoms with van der Waals surface area (Å²) in [6, 6.07) is 6.54. The van der Waals surface area contributed by atoms with Crippen LogP contribution in [0.3, 0.4) is 0 Å². The first-order chi connectivity index (χ1) is 13.7. The Balaban J connectivity index is 2.16. The van der Waals surface area contributed by atoms with E-state index in [1.807, 2.05) is 0 Å². The molecule has 1 amide bonds. The number of amides is 1. The van der Waals surface area contributed by atoms with Gasteiger partial charge < -0.3 is 14.5 Å². The van der Waals surface area contributed by atoms with E-state index >= 15 is 0 Å². The van der Waals surface area contributed by atoms with Crippen LogP contribution >= 0.6 is 0 Å². The molecule has 0 aliphatic carbocycles. The molecule has 1 aromatic rings. The lowest BCUT2D eigenvalue weighted by Crippen LogP contribution is -2.66. The Morgan fingerprint density at radius 1 is 0.900 bits per heavy atom. The monoisotopic (exact) mass is 452 g/mol. The third-order valence-corrected chi connectivity index (χ3v) is 4.49. The van der Waals surface area contributed by atoms with Gasteiger partial charge in [0.1, 0.15) is 5.75 Å². The SMILES string of the molecule is CCOc1ccccc1N1CCN(C(=O)C(F)(F)C(F)(F)C(F)(F)C(F)(F)F)CC1. The van der Waals surface area contributed by atoms with Crippen LogP contribution in [0.15, 0.2) is 24.3 Å². The number of para-hydroxylation sites is 2. The van der Waals surface area contributed by atoms with E-state index in [2.05, 4.69) is 0 Å². The minimum atomic E-state index is -7.10. The van der Waals surface area contributed by atoms with Crippen molar-refractivity contribution in [1.29, 1.82) is 0 Å². The molecule has 0 radical (unpaired) electrons. The number of anilines is 1. The number of ether oxygens (including phenoxy) is 1. The van der Waals surface area contributed by atoms with Gasteiger partial charge in [0.2, 0.25) is 0 Å². The summed E-state index contributed by atoms with van der Waals surface area (Å²) in [7, 11) is 0. The topological polar surface area (TPSA) is 32.8 Å². The van der Waals surface area contributed by atoms with Crippen LogP contribution in [0.5, 0.6) is 5.75 Å².